The van der Waals surface area contributed by atoms with Crippen LogP contribution in [0.25, 0.3) is 0 Å². The summed E-state index contributed by atoms with van der Waals surface area (Å²) in [6.45, 7) is 0.626. The number of anilines is 2. The molecule has 2 unspecified atom stereocenters. The minimum atomic E-state index is -3.79. The van der Waals surface area contributed by atoms with Crippen molar-refractivity contribution in [3.8, 4) is 0 Å². The van der Waals surface area contributed by atoms with E-state index in [1.807, 2.05) is 12.1 Å². The average molecular weight is 452 g/mol. The number of para-hydroxylation sites is 1. The second-order valence-corrected chi connectivity index (χ2v) is 10.3. The maximum absolute atomic E-state index is 13.1. The molecule has 0 spiro atoms. The molecule has 162 valence electrons. The van der Waals surface area contributed by atoms with E-state index in [0.29, 0.717) is 12.2 Å². The Morgan fingerprint density at radius 1 is 1.33 bits per heavy atom. The molecule has 3 heterocycles. The Hall–Kier alpha value is -2.08. The van der Waals surface area contributed by atoms with Crippen LogP contribution < -0.4 is 9.62 Å². The minimum absolute atomic E-state index is 0.000823. The number of aromatic nitrogens is 2. The Balaban J connectivity index is 1.56. The third kappa shape index (κ3) is 3.59. The lowest BCUT2D eigenvalue weighted by molar-refractivity contribution is -0.0994. The Bertz CT molecular complexity index is 1060. The predicted molar refractivity (Wildman–Crippen MR) is 118 cm³/mol. The predicted octanol–water partition coefficient (Wildman–Crippen LogP) is 1.71. The number of rotatable bonds is 7. The first-order valence-electron chi connectivity index (χ1n) is 9.48. The van der Waals surface area contributed by atoms with Gasteiger partial charge in [0, 0.05) is 47.1 Å². The topological polar surface area (TPSA) is 98.1 Å². The molecule has 2 aliphatic rings. The molecule has 11 heteroatoms. The quantitative estimate of drug-likeness (QED) is 0.640. The zero-order chi connectivity index (χ0) is 21.5. The van der Waals surface area contributed by atoms with Gasteiger partial charge in [-0.2, -0.15) is 8.42 Å². The number of ether oxygens (including phenoxy) is 2. The summed E-state index contributed by atoms with van der Waals surface area (Å²) in [7, 11) is 2.68. The third-order valence-corrected chi connectivity index (χ3v) is 8.45. The first-order valence-corrected chi connectivity index (χ1v) is 11.8. The summed E-state index contributed by atoms with van der Waals surface area (Å²) < 4.78 is 39.7. The minimum Gasteiger partial charge on any atom is -0.374 e. The first-order chi connectivity index (χ1) is 14.4. The summed E-state index contributed by atoms with van der Waals surface area (Å²) >= 11 is 1.65. The van der Waals surface area contributed by atoms with E-state index < -0.39 is 10.0 Å². The van der Waals surface area contributed by atoms with Crippen LogP contribution in [0.1, 0.15) is 5.56 Å². The van der Waals surface area contributed by atoms with Crippen LogP contribution in [-0.2, 0) is 33.0 Å². The summed E-state index contributed by atoms with van der Waals surface area (Å²) in [4.78, 5) is 8.70. The number of sulfonamides is 1. The highest BCUT2D eigenvalue weighted by molar-refractivity contribution is 8.15. The zero-order valence-corrected chi connectivity index (χ0v) is 18.9. The summed E-state index contributed by atoms with van der Waals surface area (Å²) in [5, 5.41) is 4.57. The molecule has 2 aromatic rings. The van der Waals surface area contributed by atoms with Gasteiger partial charge in [0.15, 0.2) is 6.29 Å². The van der Waals surface area contributed by atoms with Gasteiger partial charge in [0.1, 0.15) is 0 Å². The fourth-order valence-corrected chi connectivity index (χ4v) is 6.30. The normalized spacial score (nSPS) is 20.9. The smallest absolute Gasteiger partial charge is 0.298 e. The zero-order valence-electron chi connectivity index (χ0n) is 17.3. The van der Waals surface area contributed by atoms with E-state index in [4.69, 9.17) is 9.47 Å². The molecular formula is C19H25N5O4S2. The molecule has 1 N–H and O–H groups in total. The highest BCUT2D eigenvalue weighted by Gasteiger charge is 2.36. The fourth-order valence-electron chi connectivity index (χ4n) is 3.78. The monoisotopic (exact) mass is 451 g/mol. The molecule has 2 atom stereocenters. The van der Waals surface area contributed by atoms with Gasteiger partial charge in [-0.05, 0) is 11.6 Å². The van der Waals surface area contributed by atoms with Crippen molar-refractivity contribution in [1.82, 2.24) is 9.55 Å². The molecule has 1 aromatic heterocycles. The molecule has 0 aliphatic carbocycles. The molecule has 2 aliphatic heterocycles. The second-order valence-electron chi connectivity index (χ2n) is 7.18. The number of hydrogen-bond donors (Lipinski definition) is 1. The Kier molecular flexibility index (Phi) is 5.80. The molecule has 1 aromatic carbocycles. The van der Waals surface area contributed by atoms with Crippen molar-refractivity contribution in [2.24, 2.45) is 12.0 Å². The van der Waals surface area contributed by atoms with Gasteiger partial charge in [-0.3, -0.25) is 9.30 Å². The number of benzene rings is 1. The Labute approximate surface area is 180 Å². The van der Waals surface area contributed by atoms with Crippen molar-refractivity contribution in [3.63, 3.8) is 0 Å². The first kappa shape index (κ1) is 21.2. The summed E-state index contributed by atoms with van der Waals surface area (Å²) in [6, 6.07) is 5.68. The highest BCUT2D eigenvalue weighted by Crippen LogP contribution is 2.40. The molecular weight excluding hydrogens is 426 g/mol. The molecule has 4 rings (SSSR count). The van der Waals surface area contributed by atoms with Gasteiger partial charge in [-0.1, -0.05) is 23.9 Å². The Morgan fingerprint density at radius 3 is 2.77 bits per heavy atom. The number of methoxy groups -OCH3 is 2. The van der Waals surface area contributed by atoms with Gasteiger partial charge >= 0.3 is 0 Å². The van der Waals surface area contributed by atoms with Gasteiger partial charge < -0.3 is 19.4 Å². The van der Waals surface area contributed by atoms with Crippen LogP contribution in [0.2, 0.25) is 0 Å². The molecule has 0 bridgehead atoms. The van der Waals surface area contributed by atoms with Crippen molar-refractivity contribution in [1.29, 1.82) is 0 Å². The standard InChI is InChI=1S/C19H25N5O4S2/c1-23-9-8-20-19(23)30(25,26)24(2)14-7-5-6-12-10-13(22-16(12)14)17-21-11-15(29-17)18(27-3)28-4/h5-9,13,15,18,22H,10-11H2,1-4H3. The lowest BCUT2D eigenvalue weighted by atomic mass is 10.1. The van der Waals surface area contributed by atoms with Crippen LogP contribution in [0.5, 0.6) is 0 Å². The summed E-state index contributed by atoms with van der Waals surface area (Å²) in [6.07, 6.45) is 3.51. The van der Waals surface area contributed by atoms with E-state index in [2.05, 4.69) is 15.3 Å². The number of thioether (sulfide) groups is 1. The van der Waals surface area contributed by atoms with Crippen molar-refractivity contribution < 1.29 is 17.9 Å². The number of fused-ring (bicyclic) bond motifs is 1. The average Bonchev–Trinajstić information content (AvgIpc) is 3.46. The van der Waals surface area contributed by atoms with E-state index in [0.717, 1.165) is 22.7 Å². The molecule has 0 radical (unpaired) electrons. The van der Waals surface area contributed by atoms with Crippen LogP contribution in [0, 0.1) is 0 Å². The number of imidazole rings is 1. The van der Waals surface area contributed by atoms with Gasteiger partial charge in [0.25, 0.3) is 10.0 Å². The molecule has 0 saturated carbocycles. The summed E-state index contributed by atoms with van der Waals surface area (Å²) in [5.41, 5.74) is 2.45. The number of aliphatic imine (C=N–C) groups is 1. The maximum atomic E-state index is 13.1. The van der Waals surface area contributed by atoms with E-state index in [1.54, 1.807) is 52.3 Å². The van der Waals surface area contributed by atoms with Gasteiger partial charge in [-0.25, -0.2) is 4.98 Å². The number of nitrogens with zero attached hydrogens (tertiary/aromatic N) is 4. The van der Waals surface area contributed by atoms with Gasteiger partial charge in [-0.15, -0.1) is 0 Å². The van der Waals surface area contributed by atoms with E-state index in [-0.39, 0.29) is 22.7 Å². The number of hydrogen-bond acceptors (Lipinski definition) is 8. The Morgan fingerprint density at radius 2 is 2.10 bits per heavy atom. The van der Waals surface area contributed by atoms with Crippen molar-refractivity contribution in [3.05, 3.63) is 36.2 Å². The molecule has 0 amide bonds. The highest BCUT2D eigenvalue weighted by atomic mass is 32.2. The van der Waals surface area contributed by atoms with E-state index in [1.165, 1.54) is 15.1 Å². The summed E-state index contributed by atoms with van der Waals surface area (Å²) in [5.74, 6) is 0. The lowest BCUT2D eigenvalue weighted by Crippen LogP contribution is -2.31. The van der Waals surface area contributed by atoms with Crippen LogP contribution in [0.15, 0.2) is 40.7 Å². The lowest BCUT2D eigenvalue weighted by Gasteiger charge is -2.22. The second kappa shape index (κ2) is 8.22. The SMILES string of the molecule is COC(OC)C1CN=C(C2Cc3cccc(N(C)S(=O)(=O)c4nccn4C)c3N2)S1. The van der Waals surface area contributed by atoms with E-state index in [9.17, 15) is 8.42 Å². The van der Waals surface area contributed by atoms with Crippen molar-refractivity contribution in [2.45, 2.75) is 29.2 Å². The van der Waals surface area contributed by atoms with Crippen molar-refractivity contribution >= 4 is 38.2 Å². The van der Waals surface area contributed by atoms with Gasteiger partial charge in [0.2, 0.25) is 5.16 Å². The van der Waals surface area contributed by atoms with Crippen LogP contribution in [-0.4, -0.2) is 68.4 Å². The maximum Gasteiger partial charge on any atom is 0.298 e. The molecule has 30 heavy (non-hydrogen) atoms. The van der Waals surface area contributed by atoms with Gasteiger partial charge in [0.05, 0.1) is 34.3 Å². The number of aryl methyl sites for hydroxylation is 1. The largest absolute Gasteiger partial charge is 0.374 e. The van der Waals surface area contributed by atoms with Crippen LogP contribution >= 0.6 is 11.8 Å². The molecule has 9 nitrogen and oxygen atoms in total. The van der Waals surface area contributed by atoms with Crippen LogP contribution in [0.4, 0.5) is 11.4 Å². The molecule has 0 saturated heterocycles. The van der Waals surface area contributed by atoms with Crippen LogP contribution in [0.3, 0.4) is 0 Å². The molecule has 0 fully saturated rings. The van der Waals surface area contributed by atoms with Crippen molar-refractivity contribution in [2.75, 3.05) is 37.4 Å². The fraction of sp³-hybridized carbons (Fsp3) is 0.474. The third-order valence-electron chi connectivity index (χ3n) is 5.34. The van der Waals surface area contributed by atoms with E-state index >= 15 is 0 Å². The number of nitrogens with one attached hydrogen (secondary N) is 1.